The number of allylic oxidation sites excluding steroid dienone is 9. The van der Waals surface area contributed by atoms with E-state index in [2.05, 4.69) is 72.7 Å². The molecular formula is C26H33BrN2O. The van der Waals surface area contributed by atoms with Crippen molar-refractivity contribution in [3.8, 4) is 0 Å². The van der Waals surface area contributed by atoms with Gasteiger partial charge in [-0.2, -0.15) is 0 Å². The van der Waals surface area contributed by atoms with Gasteiger partial charge in [0, 0.05) is 10.5 Å². The number of carbonyl (C=O) groups excluding carboxylic acids is 1. The van der Waals surface area contributed by atoms with Crippen LogP contribution >= 0.6 is 15.9 Å². The molecule has 0 fully saturated rings. The largest absolute Gasteiger partial charge is 0.298 e. The lowest BCUT2D eigenvalue weighted by molar-refractivity contribution is -0.116. The monoisotopic (exact) mass is 468 g/mol. The molecule has 0 atom stereocenters. The number of hydrogen-bond acceptors (Lipinski definition) is 2. The SMILES string of the molecule is CC1=C(/C=C/C(C)=C/C=C/C(C)=C/C(=O)NNc2ccc(Br)cc2)C(C)(C)CCC1. The Morgan fingerprint density at radius 3 is 2.47 bits per heavy atom. The fraction of sp³-hybridized carbons (Fsp3) is 0.346. The number of halogens is 1. The van der Waals surface area contributed by atoms with Gasteiger partial charge in [-0.1, -0.05) is 71.3 Å². The summed E-state index contributed by atoms with van der Waals surface area (Å²) in [6, 6.07) is 7.59. The summed E-state index contributed by atoms with van der Waals surface area (Å²) in [4.78, 5) is 12.0. The van der Waals surface area contributed by atoms with E-state index < -0.39 is 0 Å². The molecule has 0 aliphatic heterocycles. The first kappa shape index (κ1) is 23.9. The molecule has 2 N–H and O–H groups in total. The van der Waals surface area contributed by atoms with Crippen molar-refractivity contribution in [1.29, 1.82) is 0 Å². The van der Waals surface area contributed by atoms with E-state index in [1.54, 1.807) is 6.08 Å². The molecule has 1 aliphatic carbocycles. The minimum absolute atomic E-state index is 0.192. The third kappa shape index (κ3) is 7.83. The Balaban J connectivity index is 1.89. The standard InChI is InChI=1S/C26H33BrN2O/c1-19(11-16-24-21(3)10-7-17-26(24,4)5)8-6-9-20(2)18-25(30)29-28-23-14-12-22(27)13-15-23/h6,8-9,11-16,18,28H,7,10,17H2,1-5H3,(H,29,30)/b9-6+,16-11+,19-8+,20-18+. The van der Waals surface area contributed by atoms with Crippen molar-refractivity contribution in [2.24, 2.45) is 5.41 Å². The second-order valence-corrected chi connectivity index (χ2v) is 9.46. The molecule has 160 valence electrons. The first-order valence-corrected chi connectivity index (χ1v) is 11.2. The van der Waals surface area contributed by atoms with Crippen LogP contribution in [0.5, 0.6) is 0 Å². The number of hydrazine groups is 1. The molecule has 3 nitrogen and oxygen atoms in total. The summed E-state index contributed by atoms with van der Waals surface area (Å²) in [5.41, 5.74) is 11.7. The lowest BCUT2D eigenvalue weighted by atomic mass is 9.72. The van der Waals surface area contributed by atoms with E-state index in [9.17, 15) is 4.79 Å². The second-order valence-electron chi connectivity index (χ2n) is 8.54. The van der Waals surface area contributed by atoms with Gasteiger partial charge in [-0.25, -0.2) is 0 Å². The van der Waals surface area contributed by atoms with Crippen LogP contribution in [0.15, 0.2) is 87.5 Å². The van der Waals surface area contributed by atoms with Crippen LogP contribution in [0.4, 0.5) is 5.69 Å². The van der Waals surface area contributed by atoms with Crippen molar-refractivity contribution in [2.75, 3.05) is 5.43 Å². The molecule has 0 radical (unpaired) electrons. The fourth-order valence-electron chi connectivity index (χ4n) is 3.59. The topological polar surface area (TPSA) is 41.1 Å². The molecule has 1 aliphatic rings. The first-order chi connectivity index (χ1) is 14.2. The molecule has 1 amide bonds. The molecule has 4 heteroatoms. The molecule has 1 aromatic carbocycles. The predicted octanol–water partition coefficient (Wildman–Crippen LogP) is 7.42. The normalized spacial score (nSPS) is 17.7. The zero-order valence-electron chi connectivity index (χ0n) is 18.7. The third-order valence-electron chi connectivity index (χ3n) is 5.31. The number of hydrogen-bond donors (Lipinski definition) is 2. The van der Waals surface area contributed by atoms with Gasteiger partial charge < -0.3 is 0 Å². The molecule has 0 saturated carbocycles. The minimum Gasteiger partial charge on any atom is -0.298 e. The maximum Gasteiger partial charge on any atom is 0.262 e. The van der Waals surface area contributed by atoms with Gasteiger partial charge >= 0.3 is 0 Å². The zero-order valence-corrected chi connectivity index (χ0v) is 20.3. The summed E-state index contributed by atoms with van der Waals surface area (Å²) in [5, 5.41) is 0. The molecule has 0 unspecified atom stereocenters. The maximum absolute atomic E-state index is 12.0. The Labute approximate surface area is 189 Å². The Hall–Kier alpha value is -2.33. The number of nitrogens with one attached hydrogen (secondary N) is 2. The summed E-state index contributed by atoms with van der Waals surface area (Å²) in [6.45, 7) is 10.9. The lowest BCUT2D eigenvalue weighted by Gasteiger charge is -2.32. The average Bonchev–Trinajstić information content (AvgIpc) is 2.66. The highest BCUT2D eigenvalue weighted by Gasteiger charge is 2.26. The number of rotatable bonds is 7. The highest BCUT2D eigenvalue weighted by Crippen LogP contribution is 2.40. The van der Waals surface area contributed by atoms with Gasteiger partial charge in [0.15, 0.2) is 0 Å². The quantitative estimate of drug-likeness (QED) is 0.248. The van der Waals surface area contributed by atoms with E-state index in [4.69, 9.17) is 0 Å². The highest BCUT2D eigenvalue weighted by molar-refractivity contribution is 9.10. The van der Waals surface area contributed by atoms with E-state index in [-0.39, 0.29) is 11.3 Å². The van der Waals surface area contributed by atoms with Crippen molar-refractivity contribution in [2.45, 2.75) is 53.9 Å². The molecule has 30 heavy (non-hydrogen) atoms. The van der Waals surface area contributed by atoms with Gasteiger partial charge in [0.2, 0.25) is 0 Å². The van der Waals surface area contributed by atoms with Crippen molar-refractivity contribution < 1.29 is 4.79 Å². The van der Waals surface area contributed by atoms with Gasteiger partial charge in [0.25, 0.3) is 5.91 Å². The molecule has 0 spiro atoms. The Morgan fingerprint density at radius 1 is 1.10 bits per heavy atom. The summed E-state index contributed by atoms with van der Waals surface area (Å²) in [6.07, 6.45) is 15.7. The molecule has 1 aromatic rings. The minimum atomic E-state index is -0.192. The first-order valence-electron chi connectivity index (χ1n) is 10.4. The van der Waals surface area contributed by atoms with Crippen molar-refractivity contribution in [1.82, 2.24) is 5.43 Å². The van der Waals surface area contributed by atoms with Crippen LogP contribution < -0.4 is 10.9 Å². The highest BCUT2D eigenvalue weighted by atomic mass is 79.9. The molecule has 2 rings (SSSR count). The smallest absolute Gasteiger partial charge is 0.262 e. The van der Waals surface area contributed by atoms with Gasteiger partial charge in [-0.15, -0.1) is 0 Å². The zero-order chi connectivity index (χ0) is 22.1. The van der Waals surface area contributed by atoms with Crippen LogP contribution in [0, 0.1) is 5.41 Å². The molecular weight excluding hydrogens is 436 g/mol. The van der Waals surface area contributed by atoms with Crippen LogP contribution in [0.25, 0.3) is 0 Å². The summed E-state index contributed by atoms with van der Waals surface area (Å²) in [7, 11) is 0. The summed E-state index contributed by atoms with van der Waals surface area (Å²) < 4.78 is 0.993. The predicted molar refractivity (Wildman–Crippen MR) is 132 cm³/mol. The van der Waals surface area contributed by atoms with Crippen LogP contribution in [-0.2, 0) is 4.79 Å². The summed E-state index contributed by atoms with van der Waals surface area (Å²) in [5.74, 6) is -0.192. The van der Waals surface area contributed by atoms with Crippen LogP contribution in [0.2, 0.25) is 0 Å². The van der Waals surface area contributed by atoms with Gasteiger partial charge in [-0.3, -0.25) is 15.6 Å². The van der Waals surface area contributed by atoms with E-state index in [1.807, 2.05) is 43.3 Å². The van der Waals surface area contributed by atoms with E-state index in [0.29, 0.717) is 0 Å². The Morgan fingerprint density at radius 2 is 1.80 bits per heavy atom. The van der Waals surface area contributed by atoms with Gasteiger partial charge in [-0.05, 0) is 80.9 Å². The number of carbonyl (C=O) groups is 1. The van der Waals surface area contributed by atoms with Crippen molar-refractivity contribution in [3.63, 3.8) is 0 Å². The number of benzene rings is 1. The maximum atomic E-state index is 12.0. The number of anilines is 1. The molecule has 0 saturated heterocycles. The van der Waals surface area contributed by atoms with Crippen molar-refractivity contribution in [3.05, 3.63) is 87.5 Å². The van der Waals surface area contributed by atoms with Crippen LogP contribution in [0.1, 0.15) is 53.9 Å². The van der Waals surface area contributed by atoms with Gasteiger partial charge in [0.05, 0.1) is 5.69 Å². The Kier molecular flexibility index (Phi) is 8.91. The fourth-order valence-corrected chi connectivity index (χ4v) is 3.85. The average molecular weight is 469 g/mol. The lowest BCUT2D eigenvalue weighted by Crippen LogP contribution is -2.27. The number of amides is 1. The van der Waals surface area contributed by atoms with Crippen LogP contribution in [0.3, 0.4) is 0 Å². The van der Waals surface area contributed by atoms with Crippen molar-refractivity contribution >= 4 is 27.5 Å². The summed E-state index contributed by atoms with van der Waals surface area (Å²) >= 11 is 3.39. The second kappa shape index (κ2) is 11.2. The Bertz CT molecular complexity index is 899. The third-order valence-corrected chi connectivity index (χ3v) is 5.84. The van der Waals surface area contributed by atoms with Crippen LogP contribution in [-0.4, -0.2) is 5.91 Å². The molecule has 0 aromatic heterocycles. The van der Waals surface area contributed by atoms with E-state index in [0.717, 1.165) is 15.7 Å². The van der Waals surface area contributed by atoms with E-state index in [1.165, 1.54) is 36.0 Å². The molecule has 0 heterocycles. The van der Waals surface area contributed by atoms with E-state index >= 15 is 0 Å². The molecule has 0 bridgehead atoms. The van der Waals surface area contributed by atoms with Gasteiger partial charge in [0.1, 0.15) is 0 Å².